The van der Waals surface area contributed by atoms with Gasteiger partial charge in [-0.2, -0.15) is 0 Å². The number of oxime groups is 1. The first-order chi connectivity index (χ1) is 9.60. The first kappa shape index (κ1) is 15.7. The smallest absolute Gasteiger partial charge is 0.270 e. The number of nitrogens with zero attached hydrogens (tertiary/aromatic N) is 2. The van der Waals surface area contributed by atoms with Crippen LogP contribution in [-0.4, -0.2) is 22.6 Å². The molecule has 0 spiro atoms. The van der Waals surface area contributed by atoms with Gasteiger partial charge in [0, 0.05) is 12.1 Å². The summed E-state index contributed by atoms with van der Waals surface area (Å²) >= 11 is 0. The third-order valence-corrected chi connectivity index (χ3v) is 2.81. The molecule has 0 saturated carbocycles. The zero-order valence-corrected chi connectivity index (χ0v) is 11.4. The molecule has 1 aromatic carbocycles. The fourth-order valence-corrected chi connectivity index (χ4v) is 1.72. The number of unbranched alkanes of at least 4 members (excludes halogenated alkanes) is 3. The van der Waals surface area contributed by atoms with E-state index in [1.165, 1.54) is 18.2 Å². The molecule has 0 heterocycles. The van der Waals surface area contributed by atoms with Gasteiger partial charge in [-0.05, 0) is 12.5 Å². The predicted molar refractivity (Wildman–Crippen MR) is 75.2 cm³/mol. The molecule has 0 amide bonds. The van der Waals surface area contributed by atoms with E-state index in [9.17, 15) is 10.1 Å². The summed E-state index contributed by atoms with van der Waals surface area (Å²) in [5, 5.41) is 22.3. The summed E-state index contributed by atoms with van der Waals surface area (Å²) in [5.41, 5.74) is 5.60. The first-order valence-corrected chi connectivity index (χ1v) is 6.49. The Labute approximate surface area is 117 Å². The fraction of sp³-hybridized carbons (Fsp3) is 0.462. The van der Waals surface area contributed by atoms with Gasteiger partial charge in [0.05, 0.1) is 17.1 Å². The monoisotopic (exact) mass is 281 g/mol. The third-order valence-electron chi connectivity index (χ3n) is 2.81. The van der Waals surface area contributed by atoms with Crippen LogP contribution in [0.3, 0.4) is 0 Å². The van der Waals surface area contributed by atoms with Crippen LogP contribution in [0.4, 0.5) is 5.69 Å². The number of rotatable bonds is 8. The zero-order valence-electron chi connectivity index (χ0n) is 11.4. The fourth-order valence-electron chi connectivity index (χ4n) is 1.72. The molecule has 1 rings (SSSR count). The molecule has 7 heteroatoms. The van der Waals surface area contributed by atoms with Crippen LogP contribution in [0.1, 0.15) is 38.2 Å². The highest BCUT2D eigenvalue weighted by Gasteiger charge is 2.14. The molecular weight excluding hydrogens is 262 g/mol. The predicted octanol–water partition coefficient (Wildman–Crippen LogP) is 2.65. The van der Waals surface area contributed by atoms with Gasteiger partial charge in [-0.3, -0.25) is 10.1 Å². The van der Waals surface area contributed by atoms with Crippen molar-refractivity contribution in [1.82, 2.24) is 0 Å². The summed E-state index contributed by atoms with van der Waals surface area (Å²) in [5.74, 6) is 0.166. The van der Waals surface area contributed by atoms with Crippen LogP contribution in [0.25, 0.3) is 0 Å². The molecular formula is C13H19N3O4. The Kier molecular flexibility index (Phi) is 6.28. The van der Waals surface area contributed by atoms with Crippen LogP contribution in [0.2, 0.25) is 0 Å². The summed E-state index contributed by atoms with van der Waals surface area (Å²) in [6, 6.07) is 4.03. The molecule has 0 saturated heterocycles. The molecule has 0 radical (unpaired) electrons. The lowest BCUT2D eigenvalue weighted by Crippen LogP contribution is -2.15. The highest BCUT2D eigenvalue weighted by atomic mass is 16.6. The molecule has 110 valence electrons. The van der Waals surface area contributed by atoms with Gasteiger partial charge in [-0.1, -0.05) is 31.3 Å². The average Bonchev–Trinajstić information content (AvgIpc) is 2.46. The standard InChI is InChI=1S/C13H19N3O4/c1-2-3-4-5-8-20-12-7-6-10(16(18)19)9-11(12)13(14)15-17/h6-7,9,17H,2-5,8H2,1H3,(H2,14,15). The molecule has 1 aromatic rings. The van der Waals surface area contributed by atoms with Crippen molar-refractivity contribution in [2.45, 2.75) is 32.6 Å². The molecule has 3 N–H and O–H groups in total. The van der Waals surface area contributed by atoms with Crippen molar-refractivity contribution in [2.24, 2.45) is 10.9 Å². The number of nitrogens with two attached hydrogens (primary N) is 1. The van der Waals surface area contributed by atoms with E-state index in [0.717, 1.165) is 25.7 Å². The number of hydrogen-bond acceptors (Lipinski definition) is 5. The number of hydrogen-bond donors (Lipinski definition) is 2. The molecule has 0 aliphatic rings. The second kappa shape index (κ2) is 7.98. The van der Waals surface area contributed by atoms with Crippen LogP contribution < -0.4 is 10.5 Å². The maximum Gasteiger partial charge on any atom is 0.270 e. The Morgan fingerprint density at radius 3 is 2.80 bits per heavy atom. The largest absolute Gasteiger partial charge is 0.493 e. The molecule has 0 aromatic heterocycles. The minimum atomic E-state index is -0.542. The lowest BCUT2D eigenvalue weighted by atomic mass is 10.1. The van der Waals surface area contributed by atoms with E-state index in [-0.39, 0.29) is 17.1 Å². The van der Waals surface area contributed by atoms with Crippen LogP contribution in [0, 0.1) is 10.1 Å². The highest BCUT2D eigenvalue weighted by molar-refractivity contribution is 6.00. The maximum absolute atomic E-state index is 10.7. The first-order valence-electron chi connectivity index (χ1n) is 6.49. The molecule has 0 aliphatic carbocycles. The van der Waals surface area contributed by atoms with Crippen LogP contribution >= 0.6 is 0 Å². The molecule has 0 bridgehead atoms. The number of ether oxygens (including phenoxy) is 1. The Morgan fingerprint density at radius 1 is 1.45 bits per heavy atom. The van der Waals surface area contributed by atoms with E-state index in [1.807, 2.05) is 0 Å². The van der Waals surface area contributed by atoms with E-state index in [1.54, 1.807) is 0 Å². The Balaban J connectivity index is 2.81. The van der Waals surface area contributed by atoms with Crippen molar-refractivity contribution in [3.8, 4) is 5.75 Å². The van der Waals surface area contributed by atoms with Crippen LogP contribution in [0.5, 0.6) is 5.75 Å². The zero-order chi connectivity index (χ0) is 15.0. The van der Waals surface area contributed by atoms with Gasteiger partial charge >= 0.3 is 0 Å². The summed E-state index contributed by atoms with van der Waals surface area (Å²) in [4.78, 5) is 10.2. The lowest BCUT2D eigenvalue weighted by molar-refractivity contribution is -0.384. The Morgan fingerprint density at radius 2 is 2.20 bits per heavy atom. The van der Waals surface area contributed by atoms with Crippen LogP contribution in [-0.2, 0) is 0 Å². The Bertz CT molecular complexity index is 489. The molecule has 20 heavy (non-hydrogen) atoms. The van der Waals surface area contributed by atoms with E-state index >= 15 is 0 Å². The van der Waals surface area contributed by atoms with Gasteiger partial charge in [0.1, 0.15) is 5.75 Å². The van der Waals surface area contributed by atoms with Crippen LogP contribution in [0.15, 0.2) is 23.4 Å². The van der Waals surface area contributed by atoms with E-state index < -0.39 is 4.92 Å². The van der Waals surface area contributed by atoms with Gasteiger partial charge < -0.3 is 15.7 Å². The number of non-ortho nitro benzene ring substituents is 1. The SMILES string of the molecule is CCCCCCOc1ccc([N+](=O)[O-])cc1C(N)=NO. The van der Waals surface area contributed by atoms with Crippen molar-refractivity contribution in [2.75, 3.05) is 6.61 Å². The normalized spacial score (nSPS) is 11.3. The maximum atomic E-state index is 10.7. The second-order valence-electron chi connectivity index (χ2n) is 4.33. The number of nitro groups is 1. The minimum absolute atomic E-state index is 0.134. The third kappa shape index (κ3) is 4.42. The van der Waals surface area contributed by atoms with Gasteiger partial charge in [0.15, 0.2) is 5.84 Å². The van der Waals surface area contributed by atoms with Gasteiger partial charge in [-0.25, -0.2) is 0 Å². The van der Waals surface area contributed by atoms with E-state index in [4.69, 9.17) is 15.7 Å². The van der Waals surface area contributed by atoms with E-state index in [2.05, 4.69) is 12.1 Å². The molecule has 0 unspecified atom stereocenters. The topological polar surface area (TPSA) is 111 Å². The molecule has 7 nitrogen and oxygen atoms in total. The van der Waals surface area contributed by atoms with Gasteiger partial charge in [0.25, 0.3) is 5.69 Å². The average molecular weight is 281 g/mol. The number of nitro benzene ring substituents is 1. The summed E-state index contributed by atoms with van der Waals surface area (Å²) in [6.45, 7) is 2.61. The number of benzene rings is 1. The van der Waals surface area contributed by atoms with Crippen molar-refractivity contribution in [1.29, 1.82) is 0 Å². The lowest BCUT2D eigenvalue weighted by Gasteiger charge is -2.10. The van der Waals surface area contributed by atoms with Crippen molar-refractivity contribution in [3.63, 3.8) is 0 Å². The van der Waals surface area contributed by atoms with Crippen molar-refractivity contribution < 1.29 is 14.9 Å². The van der Waals surface area contributed by atoms with Gasteiger partial charge in [0.2, 0.25) is 0 Å². The van der Waals surface area contributed by atoms with Crippen molar-refractivity contribution >= 4 is 11.5 Å². The minimum Gasteiger partial charge on any atom is -0.493 e. The van der Waals surface area contributed by atoms with Gasteiger partial charge in [-0.15, -0.1) is 0 Å². The highest BCUT2D eigenvalue weighted by Crippen LogP contribution is 2.24. The summed E-state index contributed by atoms with van der Waals surface area (Å²) in [7, 11) is 0. The van der Waals surface area contributed by atoms with E-state index in [0.29, 0.717) is 12.4 Å². The molecule has 0 atom stereocenters. The van der Waals surface area contributed by atoms with Crippen molar-refractivity contribution in [3.05, 3.63) is 33.9 Å². The molecule has 0 fully saturated rings. The molecule has 0 aliphatic heterocycles. The number of amidine groups is 1. The second-order valence-corrected chi connectivity index (χ2v) is 4.33. The summed E-state index contributed by atoms with van der Waals surface area (Å²) in [6.07, 6.45) is 4.21. The quantitative estimate of drug-likeness (QED) is 0.190. The Hall–Kier alpha value is -2.31. The summed E-state index contributed by atoms with van der Waals surface area (Å²) < 4.78 is 5.55.